The minimum Gasteiger partial charge on any atom is -0.466 e. The molecule has 1 aliphatic heterocycles. The van der Waals surface area contributed by atoms with Gasteiger partial charge in [-0.2, -0.15) is 0 Å². The van der Waals surface area contributed by atoms with E-state index < -0.39 is 0 Å². The molecule has 1 atom stereocenters. The lowest BCUT2D eigenvalue weighted by atomic mass is 9.98. The van der Waals surface area contributed by atoms with Crippen molar-refractivity contribution in [1.82, 2.24) is 15.1 Å². The molecule has 7 heteroatoms. The molecule has 1 aromatic heterocycles. The number of hydrogen-bond acceptors (Lipinski definition) is 6. The summed E-state index contributed by atoms with van der Waals surface area (Å²) in [7, 11) is 0. The van der Waals surface area contributed by atoms with Gasteiger partial charge in [-0.1, -0.05) is 18.2 Å². The van der Waals surface area contributed by atoms with Crippen LogP contribution in [0.1, 0.15) is 32.1 Å². The lowest BCUT2D eigenvalue weighted by Gasteiger charge is -2.31. The number of carbonyl (C=O) groups excluding carboxylic acids is 2. The van der Waals surface area contributed by atoms with Crippen molar-refractivity contribution in [1.29, 1.82) is 0 Å². The van der Waals surface area contributed by atoms with E-state index in [0.717, 1.165) is 18.4 Å². The van der Waals surface area contributed by atoms with E-state index in [1.54, 1.807) is 11.8 Å². The molecule has 0 aliphatic carbocycles. The Labute approximate surface area is 152 Å². The number of ether oxygens (including phenoxy) is 1. The Bertz CT molecular complexity index is 744. The highest BCUT2D eigenvalue weighted by molar-refractivity contribution is 5.78. The van der Waals surface area contributed by atoms with Crippen LogP contribution in [0, 0.1) is 5.92 Å². The average molecular weight is 357 g/mol. The first-order chi connectivity index (χ1) is 12.7. The minimum atomic E-state index is -0.222. The van der Waals surface area contributed by atoms with E-state index >= 15 is 0 Å². The van der Waals surface area contributed by atoms with Gasteiger partial charge in [0.2, 0.25) is 17.7 Å². The molecule has 138 valence electrons. The fourth-order valence-corrected chi connectivity index (χ4v) is 3.08. The van der Waals surface area contributed by atoms with Crippen molar-refractivity contribution in [3.05, 3.63) is 36.2 Å². The number of carbonyl (C=O) groups is 2. The molecule has 0 radical (unpaired) electrons. The highest BCUT2D eigenvalue weighted by Crippen LogP contribution is 2.20. The van der Waals surface area contributed by atoms with E-state index in [-0.39, 0.29) is 24.2 Å². The lowest BCUT2D eigenvalue weighted by Crippen LogP contribution is -2.42. The van der Waals surface area contributed by atoms with Gasteiger partial charge in [-0.3, -0.25) is 9.59 Å². The summed E-state index contributed by atoms with van der Waals surface area (Å²) in [5, 5.41) is 8.05. The number of benzene rings is 1. The Morgan fingerprint density at radius 3 is 2.85 bits per heavy atom. The Kier molecular flexibility index (Phi) is 5.99. The Balaban J connectivity index is 1.52. The second-order valence-corrected chi connectivity index (χ2v) is 6.30. The average Bonchev–Trinajstić information content (AvgIpc) is 3.16. The monoisotopic (exact) mass is 357 g/mol. The first kappa shape index (κ1) is 18.1. The summed E-state index contributed by atoms with van der Waals surface area (Å²) in [6, 6.07) is 9.51. The molecule has 1 saturated heterocycles. The maximum Gasteiger partial charge on any atom is 0.310 e. The molecule has 0 saturated carbocycles. The first-order valence-corrected chi connectivity index (χ1v) is 8.99. The van der Waals surface area contributed by atoms with Crippen molar-refractivity contribution < 1.29 is 18.7 Å². The van der Waals surface area contributed by atoms with Gasteiger partial charge in [0.1, 0.15) is 0 Å². The minimum absolute atomic E-state index is 0.00143. The standard InChI is InChI=1S/C19H23N3O4/c1-2-25-19(24)15-9-6-12-22(13-15)17(23)11-10-16-20-21-18(26-16)14-7-4-3-5-8-14/h3-5,7-8,15H,2,6,9-13H2,1H3/t15-/m1/s1. The zero-order valence-electron chi connectivity index (χ0n) is 14.9. The second kappa shape index (κ2) is 8.60. The largest absolute Gasteiger partial charge is 0.466 e. The number of likely N-dealkylation sites (tertiary alicyclic amines) is 1. The molecule has 0 N–H and O–H groups in total. The smallest absolute Gasteiger partial charge is 0.310 e. The van der Waals surface area contributed by atoms with E-state index in [1.165, 1.54) is 0 Å². The van der Waals surface area contributed by atoms with Crippen LogP contribution in [-0.2, 0) is 20.7 Å². The quantitative estimate of drug-likeness (QED) is 0.738. The van der Waals surface area contributed by atoms with E-state index in [2.05, 4.69) is 10.2 Å². The van der Waals surface area contributed by atoms with Gasteiger partial charge < -0.3 is 14.1 Å². The van der Waals surface area contributed by atoms with Crippen LogP contribution in [0.3, 0.4) is 0 Å². The van der Waals surface area contributed by atoms with Crippen LogP contribution in [-0.4, -0.2) is 46.7 Å². The molecule has 0 bridgehead atoms. The summed E-state index contributed by atoms with van der Waals surface area (Å²) in [6.07, 6.45) is 2.26. The van der Waals surface area contributed by atoms with Crippen molar-refractivity contribution in [3.63, 3.8) is 0 Å². The van der Waals surface area contributed by atoms with Crippen molar-refractivity contribution >= 4 is 11.9 Å². The van der Waals surface area contributed by atoms with Gasteiger partial charge in [-0.15, -0.1) is 10.2 Å². The SMILES string of the molecule is CCOC(=O)[C@@H]1CCCN(C(=O)CCc2nnc(-c3ccccc3)o2)C1. The third kappa shape index (κ3) is 4.47. The molecular weight excluding hydrogens is 334 g/mol. The van der Waals surface area contributed by atoms with Crippen LogP contribution in [0.2, 0.25) is 0 Å². The van der Waals surface area contributed by atoms with E-state index in [9.17, 15) is 9.59 Å². The van der Waals surface area contributed by atoms with Crippen LogP contribution in [0.15, 0.2) is 34.7 Å². The summed E-state index contributed by atoms with van der Waals surface area (Å²) < 4.78 is 10.7. The van der Waals surface area contributed by atoms with E-state index in [0.29, 0.717) is 37.9 Å². The van der Waals surface area contributed by atoms with Crippen molar-refractivity contribution in [2.45, 2.75) is 32.6 Å². The van der Waals surface area contributed by atoms with Gasteiger partial charge in [0.05, 0.1) is 12.5 Å². The van der Waals surface area contributed by atoms with Crippen molar-refractivity contribution in [2.24, 2.45) is 5.92 Å². The van der Waals surface area contributed by atoms with Crippen LogP contribution in [0.5, 0.6) is 0 Å². The van der Waals surface area contributed by atoms with Gasteiger partial charge in [-0.25, -0.2) is 0 Å². The van der Waals surface area contributed by atoms with Crippen molar-refractivity contribution in [3.8, 4) is 11.5 Å². The molecule has 7 nitrogen and oxygen atoms in total. The van der Waals surface area contributed by atoms with Crippen LogP contribution < -0.4 is 0 Å². The number of aryl methyl sites for hydroxylation is 1. The third-order valence-electron chi connectivity index (χ3n) is 4.43. The first-order valence-electron chi connectivity index (χ1n) is 8.99. The van der Waals surface area contributed by atoms with Gasteiger partial charge in [0.15, 0.2) is 0 Å². The van der Waals surface area contributed by atoms with E-state index in [1.807, 2.05) is 30.3 Å². The van der Waals surface area contributed by atoms with Crippen LogP contribution in [0.4, 0.5) is 0 Å². The molecule has 0 spiro atoms. The normalized spacial score (nSPS) is 17.1. The number of amides is 1. The molecule has 1 fully saturated rings. The molecule has 2 heterocycles. The molecular formula is C19H23N3O4. The molecule has 1 aliphatic rings. The number of piperidine rings is 1. The summed E-state index contributed by atoms with van der Waals surface area (Å²) in [4.78, 5) is 26.1. The Hall–Kier alpha value is -2.70. The molecule has 26 heavy (non-hydrogen) atoms. The molecule has 0 unspecified atom stereocenters. The molecule has 1 amide bonds. The number of esters is 1. The highest BCUT2D eigenvalue weighted by Gasteiger charge is 2.29. The van der Waals surface area contributed by atoms with Crippen LogP contribution >= 0.6 is 0 Å². The third-order valence-corrected chi connectivity index (χ3v) is 4.43. The topological polar surface area (TPSA) is 85.5 Å². The summed E-state index contributed by atoms with van der Waals surface area (Å²) in [6.45, 7) is 3.26. The lowest BCUT2D eigenvalue weighted by molar-refractivity contribution is -0.151. The predicted molar refractivity (Wildman–Crippen MR) is 94.0 cm³/mol. The van der Waals surface area contributed by atoms with Gasteiger partial charge >= 0.3 is 5.97 Å². The maximum atomic E-state index is 12.5. The number of aromatic nitrogens is 2. The molecule has 1 aromatic carbocycles. The second-order valence-electron chi connectivity index (χ2n) is 6.30. The summed E-state index contributed by atoms with van der Waals surface area (Å²) in [5.74, 6) is 0.457. The summed E-state index contributed by atoms with van der Waals surface area (Å²) >= 11 is 0. The van der Waals surface area contributed by atoms with E-state index in [4.69, 9.17) is 9.15 Å². The molecule has 3 rings (SSSR count). The van der Waals surface area contributed by atoms with Gasteiger partial charge in [-0.05, 0) is 31.9 Å². The fourth-order valence-electron chi connectivity index (χ4n) is 3.08. The molecule has 2 aromatic rings. The van der Waals surface area contributed by atoms with Gasteiger partial charge in [0.25, 0.3) is 0 Å². The van der Waals surface area contributed by atoms with Crippen molar-refractivity contribution in [2.75, 3.05) is 19.7 Å². The fraction of sp³-hybridized carbons (Fsp3) is 0.474. The van der Waals surface area contributed by atoms with Gasteiger partial charge in [0, 0.05) is 31.5 Å². The Morgan fingerprint density at radius 2 is 2.08 bits per heavy atom. The number of nitrogens with zero attached hydrogens (tertiary/aromatic N) is 3. The van der Waals surface area contributed by atoms with Crippen LogP contribution in [0.25, 0.3) is 11.5 Å². The summed E-state index contributed by atoms with van der Waals surface area (Å²) in [5.41, 5.74) is 0.853. The maximum absolute atomic E-state index is 12.5. The zero-order chi connectivity index (χ0) is 18.4. The highest BCUT2D eigenvalue weighted by atomic mass is 16.5. The zero-order valence-corrected chi connectivity index (χ0v) is 14.9. The Morgan fingerprint density at radius 1 is 1.27 bits per heavy atom. The number of rotatable bonds is 6. The number of hydrogen-bond donors (Lipinski definition) is 0. The predicted octanol–water partition coefficient (Wildman–Crippen LogP) is 2.47.